The molecule has 1 aliphatic rings. The van der Waals surface area contributed by atoms with Crippen molar-refractivity contribution < 1.29 is 9.66 Å². The van der Waals surface area contributed by atoms with Crippen LogP contribution in [0.15, 0.2) is 30.3 Å². The van der Waals surface area contributed by atoms with Crippen molar-refractivity contribution in [2.24, 2.45) is 0 Å². The van der Waals surface area contributed by atoms with Crippen LogP contribution in [-0.4, -0.2) is 70.4 Å². The Kier molecular flexibility index (Phi) is 7.33. The van der Waals surface area contributed by atoms with Gasteiger partial charge in [0.15, 0.2) is 0 Å². The van der Waals surface area contributed by atoms with Gasteiger partial charge in [-0.05, 0) is 50.4 Å². The molecule has 0 fully saturated rings. The Hall–Kier alpha value is -3.17. The number of nitrogens with one attached hydrogen (secondary N) is 1. The number of nitrogens with zero attached hydrogens (tertiary/aromatic N) is 5. The third kappa shape index (κ3) is 4.58. The van der Waals surface area contributed by atoms with Gasteiger partial charge in [-0.3, -0.25) is 14.8 Å². The van der Waals surface area contributed by atoms with E-state index in [2.05, 4.69) is 42.8 Å². The molecule has 0 radical (unpaired) electrons. The second-order valence-electron chi connectivity index (χ2n) is 8.42. The number of hydrogen-bond acceptors (Lipinski definition) is 7. The number of aromatic nitrogens is 2. The monoisotopic (exact) mass is 466 g/mol. The largest absolute Gasteiger partial charge is 0.492 e. The predicted molar refractivity (Wildman–Crippen MR) is 136 cm³/mol. The second kappa shape index (κ2) is 10.4. The molecule has 0 unspecified atom stereocenters. The van der Waals surface area contributed by atoms with Gasteiger partial charge in [-0.1, -0.05) is 27.7 Å². The molecule has 1 N–H and O–H groups in total. The molecule has 0 saturated heterocycles. The Balaban J connectivity index is 1.71. The number of anilines is 2. The number of hydrogen-bond donors (Lipinski definition) is 1. The molecule has 0 saturated carbocycles. The summed E-state index contributed by atoms with van der Waals surface area (Å²) < 4.78 is 8.02. The van der Waals surface area contributed by atoms with Crippen molar-refractivity contribution in [1.82, 2.24) is 19.6 Å². The van der Waals surface area contributed by atoms with Crippen molar-refractivity contribution in [3.63, 3.8) is 0 Å². The zero-order valence-corrected chi connectivity index (χ0v) is 20.5. The fourth-order valence-electron chi connectivity index (χ4n) is 4.56. The molecule has 1 aromatic heterocycles. The highest BCUT2D eigenvalue weighted by Crippen LogP contribution is 2.47. The molecule has 2 heterocycles. The first-order valence-electron chi connectivity index (χ1n) is 12.2. The summed E-state index contributed by atoms with van der Waals surface area (Å²) in [6, 6.07) is 9.19. The summed E-state index contributed by atoms with van der Waals surface area (Å²) >= 11 is 0. The van der Waals surface area contributed by atoms with E-state index in [1.165, 1.54) is 0 Å². The minimum Gasteiger partial charge on any atom is -0.492 e. The Morgan fingerprint density at radius 2 is 1.74 bits per heavy atom. The van der Waals surface area contributed by atoms with Crippen LogP contribution in [-0.2, 0) is 6.54 Å². The molecule has 9 heteroatoms. The van der Waals surface area contributed by atoms with Gasteiger partial charge in [0.2, 0.25) is 0 Å². The standard InChI is InChI=1S/C25H34N6O3/c1-5-28(6-2)13-14-30-21-11-12-22(31(32)33)25-23(21)24(27-30)19-17-18(9-10-20(19)26-25)34-16-15-29(7-3)8-4/h9-12,17,26H,5-8,13-16H2,1-4H3. The first kappa shape index (κ1) is 24.0. The van der Waals surface area contributed by atoms with E-state index in [9.17, 15) is 10.1 Å². The molecule has 0 aliphatic carbocycles. The summed E-state index contributed by atoms with van der Waals surface area (Å²) in [4.78, 5) is 16.1. The van der Waals surface area contributed by atoms with E-state index in [1.807, 2.05) is 28.9 Å². The van der Waals surface area contributed by atoms with Crippen molar-refractivity contribution >= 4 is 28.0 Å². The van der Waals surface area contributed by atoms with Crippen LogP contribution in [0.5, 0.6) is 5.75 Å². The summed E-state index contributed by atoms with van der Waals surface area (Å²) in [7, 11) is 0. The number of fused-ring (bicyclic) bond motifs is 2. The van der Waals surface area contributed by atoms with Gasteiger partial charge < -0.3 is 19.9 Å². The molecule has 34 heavy (non-hydrogen) atoms. The number of ether oxygens (including phenoxy) is 1. The SMILES string of the molecule is CCN(CC)CCOc1ccc2c(c1)-c1nn(CCN(CC)CC)c3ccc([N+](=O)[O-])c(c13)N2. The van der Waals surface area contributed by atoms with Gasteiger partial charge in [0.05, 0.1) is 22.4 Å². The minimum atomic E-state index is -0.339. The highest BCUT2D eigenvalue weighted by Gasteiger charge is 2.29. The lowest BCUT2D eigenvalue weighted by Gasteiger charge is -2.20. The van der Waals surface area contributed by atoms with Crippen LogP contribution in [0.1, 0.15) is 27.7 Å². The number of likely N-dealkylation sites (N-methyl/N-ethyl adjacent to an activating group) is 2. The molecule has 0 atom stereocenters. The van der Waals surface area contributed by atoms with Gasteiger partial charge in [0, 0.05) is 30.4 Å². The van der Waals surface area contributed by atoms with Crippen molar-refractivity contribution in [2.75, 3.05) is 51.2 Å². The molecule has 2 aromatic carbocycles. The topological polar surface area (TPSA) is 88.7 Å². The zero-order chi connectivity index (χ0) is 24.2. The highest BCUT2D eigenvalue weighted by atomic mass is 16.6. The zero-order valence-electron chi connectivity index (χ0n) is 20.5. The van der Waals surface area contributed by atoms with Crippen LogP contribution in [0.4, 0.5) is 17.1 Å². The number of rotatable bonds is 12. The van der Waals surface area contributed by atoms with Gasteiger partial charge in [-0.15, -0.1) is 0 Å². The molecule has 1 aliphatic heterocycles. The first-order chi connectivity index (χ1) is 16.5. The number of nitro benzene ring substituents is 1. The van der Waals surface area contributed by atoms with Gasteiger partial charge >= 0.3 is 0 Å². The Bertz CT molecular complexity index is 1170. The maximum Gasteiger partial charge on any atom is 0.293 e. The molecule has 182 valence electrons. The molecule has 0 bridgehead atoms. The van der Waals surface area contributed by atoms with Crippen LogP contribution in [0.25, 0.3) is 22.2 Å². The van der Waals surface area contributed by atoms with E-state index in [0.717, 1.165) is 72.9 Å². The molecule has 4 rings (SSSR count). The van der Waals surface area contributed by atoms with Crippen molar-refractivity contribution in [3.05, 3.63) is 40.4 Å². The Morgan fingerprint density at radius 3 is 2.41 bits per heavy atom. The fourth-order valence-corrected chi connectivity index (χ4v) is 4.56. The van der Waals surface area contributed by atoms with Crippen molar-refractivity contribution in [1.29, 1.82) is 0 Å². The van der Waals surface area contributed by atoms with E-state index in [-0.39, 0.29) is 10.6 Å². The van der Waals surface area contributed by atoms with Crippen LogP contribution in [0, 0.1) is 10.1 Å². The minimum absolute atomic E-state index is 0.0576. The normalized spacial score (nSPS) is 12.3. The van der Waals surface area contributed by atoms with Gasteiger partial charge in [0.25, 0.3) is 5.69 Å². The van der Waals surface area contributed by atoms with E-state index < -0.39 is 0 Å². The number of benzene rings is 2. The summed E-state index contributed by atoms with van der Waals surface area (Å²) in [5.41, 5.74) is 3.93. The van der Waals surface area contributed by atoms with Gasteiger partial charge in [0.1, 0.15) is 23.7 Å². The van der Waals surface area contributed by atoms with E-state index in [4.69, 9.17) is 9.84 Å². The summed E-state index contributed by atoms with van der Waals surface area (Å²) in [6.07, 6.45) is 0. The van der Waals surface area contributed by atoms with Gasteiger partial charge in [-0.2, -0.15) is 5.10 Å². The average Bonchev–Trinajstić information content (AvgIpc) is 3.22. The van der Waals surface area contributed by atoms with Crippen molar-refractivity contribution in [2.45, 2.75) is 34.2 Å². The summed E-state index contributed by atoms with van der Waals surface area (Å²) in [5, 5.41) is 20.8. The van der Waals surface area contributed by atoms with Crippen LogP contribution in [0.2, 0.25) is 0 Å². The van der Waals surface area contributed by atoms with Crippen LogP contribution in [0.3, 0.4) is 0 Å². The lowest BCUT2D eigenvalue weighted by molar-refractivity contribution is -0.383. The molecule has 9 nitrogen and oxygen atoms in total. The summed E-state index contributed by atoms with van der Waals surface area (Å²) in [6.45, 7) is 15.6. The smallest absolute Gasteiger partial charge is 0.293 e. The predicted octanol–water partition coefficient (Wildman–Crippen LogP) is 4.73. The lowest BCUT2D eigenvalue weighted by Crippen LogP contribution is -2.27. The molecule has 0 spiro atoms. The summed E-state index contributed by atoms with van der Waals surface area (Å²) in [5.74, 6) is 0.771. The van der Waals surface area contributed by atoms with Crippen molar-refractivity contribution in [3.8, 4) is 17.0 Å². The molecular formula is C25H34N6O3. The van der Waals surface area contributed by atoms with E-state index in [0.29, 0.717) is 18.8 Å². The van der Waals surface area contributed by atoms with Gasteiger partial charge in [-0.25, -0.2) is 0 Å². The van der Waals surface area contributed by atoms with Crippen LogP contribution < -0.4 is 10.1 Å². The van der Waals surface area contributed by atoms with E-state index >= 15 is 0 Å². The fraction of sp³-hybridized carbons (Fsp3) is 0.480. The van der Waals surface area contributed by atoms with Crippen LogP contribution >= 0.6 is 0 Å². The second-order valence-corrected chi connectivity index (χ2v) is 8.42. The lowest BCUT2D eigenvalue weighted by atomic mass is 9.99. The third-order valence-electron chi connectivity index (χ3n) is 6.69. The quantitative estimate of drug-likeness (QED) is 0.238. The first-order valence-corrected chi connectivity index (χ1v) is 12.2. The Morgan fingerprint density at radius 1 is 1.03 bits per heavy atom. The van der Waals surface area contributed by atoms with E-state index in [1.54, 1.807) is 6.07 Å². The maximum absolute atomic E-state index is 11.8. The Labute approximate surface area is 200 Å². The highest BCUT2D eigenvalue weighted by molar-refractivity contribution is 6.12. The number of nitro groups is 1. The maximum atomic E-state index is 11.8. The molecule has 0 amide bonds. The molecular weight excluding hydrogens is 432 g/mol. The average molecular weight is 467 g/mol. The molecule has 3 aromatic rings. The third-order valence-corrected chi connectivity index (χ3v) is 6.69.